The molecule has 3 aromatic rings. The summed E-state index contributed by atoms with van der Waals surface area (Å²) in [5, 5.41) is 4.84. The number of carbonyl (C=O) groups is 1. The van der Waals surface area contributed by atoms with Gasteiger partial charge in [-0.3, -0.25) is 4.79 Å². The lowest BCUT2D eigenvalue weighted by atomic mass is 10.1. The zero-order valence-corrected chi connectivity index (χ0v) is 11.3. The van der Waals surface area contributed by atoms with Crippen LogP contribution in [-0.2, 0) is 0 Å². The van der Waals surface area contributed by atoms with Crippen molar-refractivity contribution in [1.82, 2.24) is 20.0 Å². The Morgan fingerprint density at radius 1 is 1.38 bits per heavy atom. The van der Waals surface area contributed by atoms with Gasteiger partial charge in [0.25, 0.3) is 5.91 Å². The summed E-state index contributed by atoms with van der Waals surface area (Å²) in [6.07, 6.45) is 3.99. The molecule has 0 spiro atoms. The molecule has 106 valence electrons. The number of para-hydroxylation sites is 1. The number of amides is 1. The molecule has 1 saturated heterocycles. The molecule has 0 radical (unpaired) electrons. The first-order valence-electron chi connectivity index (χ1n) is 6.94. The van der Waals surface area contributed by atoms with Gasteiger partial charge in [-0.05, 0) is 12.5 Å². The average Bonchev–Trinajstić information content (AvgIpc) is 3.25. The van der Waals surface area contributed by atoms with Crippen molar-refractivity contribution < 1.29 is 9.32 Å². The van der Waals surface area contributed by atoms with Gasteiger partial charge in [0.1, 0.15) is 0 Å². The molecule has 1 aromatic carbocycles. The number of hydrogen-bond donors (Lipinski definition) is 1. The predicted octanol–water partition coefficient (Wildman–Crippen LogP) is 2.18. The summed E-state index contributed by atoms with van der Waals surface area (Å²) in [5.74, 6) is 0.903. The van der Waals surface area contributed by atoms with Crippen LogP contribution in [-0.4, -0.2) is 39.0 Å². The normalized spacial score (nSPS) is 18.5. The number of carbonyl (C=O) groups excluding carboxylic acids is 1. The van der Waals surface area contributed by atoms with E-state index in [9.17, 15) is 4.79 Å². The van der Waals surface area contributed by atoms with Gasteiger partial charge in [0.05, 0.1) is 5.56 Å². The SMILES string of the molecule is O=C(c1c[nH]c2ccccc12)N1CC[C@@H](c2ncon2)C1. The van der Waals surface area contributed by atoms with Crippen LogP contribution in [0.3, 0.4) is 0 Å². The summed E-state index contributed by atoms with van der Waals surface area (Å²) < 4.78 is 4.78. The van der Waals surface area contributed by atoms with E-state index >= 15 is 0 Å². The highest BCUT2D eigenvalue weighted by atomic mass is 16.5. The Morgan fingerprint density at radius 2 is 2.29 bits per heavy atom. The fraction of sp³-hybridized carbons (Fsp3) is 0.267. The van der Waals surface area contributed by atoms with Gasteiger partial charge in [0, 0.05) is 36.1 Å². The Hall–Kier alpha value is -2.63. The Labute approximate surface area is 120 Å². The predicted molar refractivity (Wildman–Crippen MR) is 75.9 cm³/mol. The molecule has 0 bridgehead atoms. The van der Waals surface area contributed by atoms with E-state index in [-0.39, 0.29) is 11.8 Å². The van der Waals surface area contributed by atoms with Crippen molar-refractivity contribution in [2.75, 3.05) is 13.1 Å². The zero-order chi connectivity index (χ0) is 14.2. The van der Waals surface area contributed by atoms with Crippen LogP contribution in [0.1, 0.15) is 28.5 Å². The largest absolute Gasteiger partial charge is 0.360 e. The lowest BCUT2D eigenvalue weighted by molar-refractivity contribution is 0.0792. The average molecular weight is 282 g/mol. The number of hydrogen-bond acceptors (Lipinski definition) is 4. The van der Waals surface area contributed by atoms with Crippen molar-refractivity contribution in [1.29, 1.82) is 0 Å². The van der Waals surface area contributed by atoms with Crippen molar-refractivity contribution in [2.24, 2.45) is 0 Å². The van der Waals surface area contributed by atoms with Gasteiger partial charge < -0.3 is 14.4 Å². The van der Waals surface area contributed by atoms with Crippen LogP contribution in [0.5, 0.6) is 0 Å². The minimum Gasteiger partial charge on any atom is -0.360 e. The van der Waals surface area contributed by atoms with Gasteiger partial charge in [-0.15, -0.1) is 0 Å². The number of H-pyrrole nitrogens is 1. The van der Waals surface area contributed by atoms with Gasteiger partial charge in [0.15, 0.2) is 5.82 Å². The molecule has 0 unspecified atom stereocenters. The van der Waals surface area contributed by atoms with Crippen LogP contribution >= 0.6 is 0 Å². The summed E-state index contributed by atoms with van der Waals surface area (Å²) in [5.41, 5.74) is 1.70. The third kappa shape index (κ3) is 1.99. The molecule has 21 heavy (non-hydrogen) atoms. The molecule has 1 atom stereocenters. The molecule has 1 aliphatic heterocycles. The Kier molecular flexibility index (Phi) is 2.73. The second-order valence-electron chi connectivity index (χ2n) is 5.27. The van der Waals surface area contributed by atoms with Crippen LogP contribution in [0.2, 0.25) is 0 Å². The molecular formula is C15H14N4O2. The summed E-state index contributed by atoms with van der Waals surface area (Å²) in [6.45, 7) is 1.36. The lowest BCUT2D eigenvalue weighted by Gasteiger charge is -2.15. The van der Waals surface area contributed by atoms with E-state index in [2.05, 4.69) is 15.1 Å². The molecule has 1 amide bonds. The quantitative estimate of drug-likeness (QED) is 0.781. The maximum atomic E-state index is 12.7. The van der Waals surface area contributed by atoms with E-state index < -0.39 is 0 Å². The van der Waals surface area contributed by atoms with Gasteiger partial charge in [-0.25, -0.2) is 0 Å². The first-order valence-corrected chi connectivity index (χ1v) is 6.94. The van der Waals surface area contributed by atoms with E-state index in [0.717, 1.165) is 29.4 Å². The van der Waals surface area contributed by atoms with E-state index in [0.29, 0.717) is 12.4 Å². The summed E-state index contributed by atoms with van der Waals surface area (Å²) >= 11 is 0. The first-order chi connectivity index (χ1) is 10.3. The molecule has 2 aromatic heterocycles. The van der Waals surface area contributed by atoms with Crippen molar-refractivity contribution >= 4 is 16.8 Å². The molecule has 3 heterocycles. The highest BCUT2D eigenvalue weighted by molar-refractivity contribution is 6.06. The van der Waals surface area contributed by atoms with Crippen LogP contribution in [0.25, 0.3) is 10.9 Å². The third-order valence-electron chi connectivity index (χ3n) is 4.04. The van der Waals surface area contributed by atoms with Crippen LogP contribution in [0, 0.1) is 0 Å². The molecule has 0 aliphatic carbocycles. The molecule has 1 N–H and O–H groups in total. The second kappa shape index (κ2) is 4.73. The number of benzene rings is 1. The minimum absolute atomic E-state index is 0.0541. The Bertz CT molecular complexity index is 778. The first kappa shape index (κ1) is 12.1. The number of aromatic amines is 1. The minimum atomic E-state index is 0.0541. The number of rotatable bonds is 2. The van der Waals surface area contributed by atoms with Gasteiger partial charge in [-0.2, -0.15) is 4.98 Å². The summed E-state index contributed by atoms with van der Waals surface area (Å²) in [4.78, 5) is 21.8. The van der Waals surface area contributed by atoms with Gasteiger partial charge >= 0.3 is 0 Å². The van der Waals surface area contributed by atoms with Crippen molar-refractivity contribution in [3.05, 3.63) is 48.2 Å². The van der Waals surface area contributed by atoms with Crippen LogP contribution < -0.4 is 0 Å². The number of nitrogens with one attached hydrogen (secondary N) is 1. The molecule has 4 rings (SSSR count). The highest BCUT2D eigenvalue weighted by Gasteiger charge is 2.31. The van der Waals surface area contributed by atoms with E-state index in [1.165, 1.54) is 6.39 Å². The summed E-state index contributed by atoms with van der Waals surface area (Å²) in [6, 6.07) is 7.83. The Balaban J connectivity index is 1.58. The van der Waals surface area contributed by atoms with Gasteiger partial charge in [0.2, 0.25) is 6.39 Å². The fourth-order valence-electron chi connectivity index (χ4n) is 2.93. The van der Waals surface area contributed by atoms with E-state index in [1.54, 1.807) is 6.20 Å². The molecule has 1 aliphatic rings. The van der Waals surface area contributed by atoms with Crippen LogP contribution in [0.4, 0.5) is 0 Å². The number of aromatic nitrogens is 3. The number of nitrogens with zero attached hydrogens (tertiary/aromatic N) is 3. The molecule has 6 nitrogen and oxygen atoms in total. The lowest BCUT2D eigenvalue weighted by Crippen LogP contribution is -2.28. The monoisotopic (exact) mass is 282 g/mol. The van der Waals surface area contributed by atoms with Crippen molar-refractivity contribution in [2.45, 2.75) is 12.3 Å². The topological polar surface area (TPSA) is 75.0 Å². The zero-order valence-electron chi connectivity index (χ0n) is 11.3. The second-order valence-corrected chi connectivity index (χ2v) is 5.27. The standard InChI is InChI=1S/C15H14N4O2/c20-15(12-7-16-13-4-2-1-3-11(12)13)19-6-5-10(8-19)14-17-9-21-18-14/h1-4,7,9-10,16H,5-6,8H2/t10-/m1/s1. The smallest absolute Gasteiger partial charge is 0.256 e. The molecule has 6 heteroatoms. The Morgan fingerprint density at radius 3 is 3.14 bits per heavy atom. The molecular weight excluding hydrogens is 268 g/mol. The van der Waals surface area contributed by atoms with Crippen LogP contribution in [0.15, 0.2) is 41.4 Å². The third-order valence-corrected chi connectivity index (χ3v) is 4.04. The van der Waals surface area contributed by atoms with Crippen molar-refractivity contribution in [3.8, 4) is 0 Å². The van der Waals surface area contributed by atoms with E-state index in [1.807, 2.05) is 29.2 Å². The van der Waals surface area contributed by atoms with E-state index in [4.69, 9.17) is 4.52 Å². The summed E-state index contributed by atoms with van der Waals surface area (Å²) in [7, 11) is 0. The molecule has 1 fully saturated rings. The van der Waals surface area contributed by atoms with Crippen molar-refractivity contribution in [3.63, 3.8) is 0 Å². The maximum absolute atomic E-state index is 12.7. The maximum Gasteiger partial charge on any atom is 0.256 e. The number of fused-ring (bicyclic) bond motifs is 1. The molecule has 0 saturated carbocycles. The number of likely N-dealkylation sites (tertiary alicyclic amines) is 1. The fourth-order valence-corrected chi connectivity index (χ4v) is 2.93. The highest BCUT2D eigenvalue weighted by Crippen LogP contribution is 2.27. The van der Waals surface area contributed by atoms with Gasteiger partial charge in [-0.1, -0.05) is 23.4 Å².